The summed E-state index contributed by atoms with van der Waals surface area (Å²) in [4.78, 5) is 33.3. The fraction of sp³-hybridized carbons (Fsp3) is 0. The second kappa shape index (κ2) is 65.2. The van der Waals surface area contributed by atoms with Gasteiger partial charge in [-0.25, -0.2) is 15.0 Å². The standard InChI is InChI=1S/C40H26N8.24Ru.Zn/c1-5-19-41-31(9-1)37-34-18-17-29(47-34)24-28-14-13-26(45-28)23-27-15-16-30(46-27)25-35-38(32-10-2-6-20-42-32)39(33-11-3-7-21-43-33)40(37)48(35)36-12-4-8-22-44-36;;;;;;;;;;;;;;;;;;;;;;;;;/h1-25,45H;;;;;;;;;;;;;;;;;;;;;;;;;. The van der Waals surface area contributed by atoms with E-state index < -0.39 is 0 Å². The van der Waals surface area contributed by atoms with Crippen LogP contribution in [0.2, 0.25) is 0 Å². The molecule has 2 aliphatic rings. The molecule has 73 heavy (non-hydrogen) atoms. The Morgan fingerprint density at radius 1 is 0.329 bits per heavy atom. The van der Waals surface area contributed by atoms with Gasteiger partial charge in [-0.05, 0) is 103 Å². The molecule has 33 heteroatoms. The fourth-order valence-electron chi connectivity index (χ4n) is 6.31. The average molecular weight is 3110 g/mol. The van der Waals surface area contributed by atoms with Crippen LogP contribution in [-0.4, -0.2) is 39.5 Å². The third kappa shape index (κ3) is 32.7. The molecule has 0 spiro atoms. The number of nitrogens with one attached hydrogen (secondary N) is 1. The molecule has 9 rings (SSSR count). The molecule has 2 aliphatic heterocycles. The zero-order valence-electron chi connectivity index (χ0n) is 34.8. The normalized spacial score (nSPS) is 7.89. The van der Waals surface area contributed by atoms with Crippen LogP contribution in [-0.2, 0) is 487 Å². The molecule has 0 atom stereocenters. The number of pyridine rings is 4. The molecule has 0 saturated carbocycles. The maximum atomic E-state index is 5.19. The molecule has 8 bridgehead atoms. The van der Waals surface area contributed by atoms with Gasteiger partial charge in [-0.1, -0.05) is 24.3 Å². The summed E-state index contributed by atoms with van der Waals surface area (Å²) in [6, 6.07) is 34.1. The molecule has 0 radical (unpaired) electrons. The Hall–Kier alpha value is 8.78. The minimum Gasteiger partial charge on any atom is -0.355 e. The number of aromatic amines is 1. The summed E-state index contributed by atoms with van der Waals surface area (Å²) in [6.45, 7) is 0. The number of H-pyrrole nitrogens is 1. The van der Waals surface area contributed by atoms with Crippen molar-refractivity contribution in [2.75, 3.05) is 0 Å². The van der Waals surface area contributed by atoms with Crippen molar-refractivity contribution in [1.29, 1.82) is 0 Å². The van der Waals surface area contributed by atoms with E-state index in [0.717, 1.165) is 84.4 Å². The van der Waals surface area contributed by atoms with Gasteiger partial charge in [0.25, 0.3) is 0 Å². The van der Waals surface area contributed by atoms with E-state index in [1.807, 2.05) is 140 Å². The third-order valence-corrected chi connectivity index (χ3v) is 8.31. The van der Waals surface area contributed by atoms with Gasteiger partial charge in [0.2, 0.25) is 0 Å². The average Bonchev–Trinajstić information content (AvgIpc) is 3.95. The predicted molar refractivity (Wildman–Crippen MR) is 191 cm³/mol. The molecule has 0 unspecified atom stereocenters. The second-order valence-electron chi connectivity index (χ2n) is 11.4. The molecule has 7 aromatic rings. The first-order valence-electron chi connectivity index (χ1n) is 15.6. The van der Waals surface area contributed by atoms with Crippen molar-refractivity contribution in [2.45, 2.75) is 0 Å². The SMILES string of the molecule is C1=Cc2cc3c(-c4ccccn4)c(-c4ccccn4)c(c(-c4ccccn4)c4nc(cc5ccc(cc1n2)[nH]5)C=C4)n3-c1ccccn1.[Ru].[Ru].[Ru].[Ru].[Ru].[Ru].[Ru].[Ru].[Ru].[Ru].[Ru].[Ru].[Ru].[Ru].[Ru].[Ru].[Ru].[Ru].[Ru].[Ru].[Ru].[Ru].[Ru].[Ru].[Zn]. The van der Waals surface area contributed by atoms with E-state index in [-0.39, 0.29) is 487 Å². The van der Waals surface area contributed by atoms with Crippen LogP contribution < -0.4 is 0 Å². The van der Waals surface area contributed by atoms with Crippen LogP contribution in [0.25, 0.3) is 86.0 Å². The van der Waals surface area contributed by atoms with Crippen LogP contribution >= 0.6 is 0 Å². The maximum Gasteiger partial charge on any atom is 0.137 e. The van der Waals surface area contributed by atoms with Crippen molar-refractivity contribution in [2.24, 2.45) is 0 Å². The van der Waals surface area contributed by atoms with Gasteiger partial charge in [-0.15, -0.1) is 0 Å². The number of hydrogen-bond donors (Lipinski definition) is 1. The van der Waals surface area contributed by atoms with E-state index in [1.165, 1.54) is 0 Å². The van der Waals surface area contributed by atoms with Crippen molar-refractivity contribution < 1.29 is 487 Å². The van der Waals surface area contributed by atoms with E-state index in [9.17, 15) is 0 Å². The summed E-state index contributed by atoms with van der Waals surface area (Å²) in [5, 5.41) is 0. The molecule has 420 valence electrons. The first-order valence-corrected chi connectivity index (χ1v) is 15.6. The second-order valence-corrected chi connectivity index (χ2v) is 11.4. The monoisotopic (exact) mass is 3130 g/mol. The van der Waals surface area contributed by atoms with E-state index in [0.29, 0.717) is 0 Å². The Kier molecular flexibility index (Phi) is 114. The van der Waals surface area contributed by atoms with Crippen molar-refractivity contribution in [3.63, 3.8) is 0 Å². The van der Waals surface area contributed by atoms with E-state index in [1.54, 1.807) is 0 Å². The predicted octanol–water partition coefficient (Wildman–Crippen LogP) is 8.64. The minimum absolute atomic E-state index is 0. The van der Waals surface area contributed by atoms with Crippen LogP contribution in [0.1, 0.15) is 22.8 Å². The van der Waals surface area contributed by atoms with Gasteiger partial charge in [0.1, 0.15) is 5.82 Å². The van der Waals surface area contributed by atoms with E-state index in [2.05, 4.69) is 21.7 Å². The van der Waals surface area contributed by atoms with Gasteiger partial charge >= 0.3 is 0 Å². The molecule has 8 nitrogen and oxygen atoms in total. The van der Waals surface area contributed by atoms with E-state index in [4.69, 9.17) is 29.9 Å². The van der Waals surface area contributed by atoms with Crippen LogP contribution in [0.15, 0.2) is 128 Å². The molecule has 0 fully saturated rings. The van der Waals surface area contributed by atoms with Gasteiger partial charge in [0.05, 0.1) is 56.5 Å². The van der Waals surface area contributed by atoms with Gasteiger partial charge in [0, 0.05) is 534 Å². The van der Waals surface area contributed by atoms with Gasteiger partial charge in [-0.2, -0.15) is 0 Å². The molecule has 0 saturated heterocycles. The number of hydrogen-bond acceptors (Lipinski definition) is 6. The summed E-state index contributed by atoms with van der Waals surface area (Å²) >= 11 is 0. The first-order chi connectivity index (χ1) is 23.8. The van der Waals surface area contributed by atoms with Crippen LogP contribution in [0, 0.1) is 0 Å². The van der Waals surface area contributed by atoms with Crippen molar-refractivity contribution in [1.82, 2.24) is 39.5 Å². The number of aromatic nitrogens is 8. The summed E-state index contributed by atoms with van der Waals surface area (Å²) in [6.07, 6.45) is 15.4. The van der Waals surface area contributed by atoms with Gasteiger partial charge < -0.3 is 4.98 Å². The van der Waals surface area contributed by atoms with Crippen LogP contribution in [0.5, 0.6) is 0 Å². The molecular formula is C40H26N8Ru24Zn. The molecule has 7 aromatic heterocycles. The Morgan fingerprint density at radius 2 is 0.685 bits per heavy atom. The van der Waals surface area contributed by atoms with Crippen molar-refractivity contribution >= 4 is 46.4 Å². The van der Waals surface area contributed by atoms with Crippen LogP contribution in [0.4, 0.5) is 0 Å². The Balaban J connectivity index is -0.0000000836. The topological polar surface area (TPSA) is 98.1 Å². The number of rotatable bonds is 4. The summed E-state index contributed by atoms with van der Waals surface area (Å²) in [7, 11) is 0. The molecule has 1 N–H and O–H groups in total. The fourth-order valence-corrected chi connectivity index (χ4v) is 6.31. The summed E-state index contributed by atoms with van der Waals surface area (Å²) < 4.78 is 2.18. The van der Waals surface area contributed by atoms with Crippen molar-refractivity contribution in [3.05, 3.63) is 151 Å². The largest absolute Gasteiger partial charge is 0.355 e. The minimum atomic E-state index is 0. The molecule has 0 amide bonds. The Morgan fingerprint density at radius 3 is 1.08 bits per heavy atom. The third-order valence-electron chi connectivity index (χ3n) is 8.31. The summed E-state index contributed by atoms with van der Waals surface area (Å²) in [5.74, 6) is 0.724. The zero-order chi connectivity index (χ0) is 31.9. The molecule has 0 aromatic carbocycles. The van der Waals surface area contributed by atoms with E-state index >= 15 is 0 Å². The molecular weight excluding hydrogens is 3080 g/mol. The Labute approximate surface area is 747 Å². The van der Waals surface area contributed by atoms with Gasteiger partial charge in [-0.3, -0.25) is 19.5 Å². The maximum absolute atomic E-state index is 5.19. The number of nitrogens with zero attached hydrogens (tertiary/aromatic N) is 7. The molecule has 9 heterocycles. The van der Waals surface area contributed by atoms with Crippen molar-refractivity contribution in [3.8, 4) is 39.6 Å². The Bertz CT molecular complexity index is 2610. The van der Waals surface area contributed by atoms with Gasteiger partial charge in [0.15, 0.2) is 0 Å². The zero-order valence-corrected chi connectivity index (χ0v) is 79.4. The quantitative estimate of drug-likeness (QED) is 0.178. The first kappa shape index (κ1) is 127. The van der Waals surface area contributed by atoms with Crippen LogP contribution in [0.3, 0.4) is 0 Å². The number of fused-ring (bicyclic) bond motifs is 8. The molecule has 0 aliphatic carbocycles. The summed E-state index contributed by atoms with van der Waals surface area (Å²) in [5.41, 5.74) is 11.8. The smallest absolute Gasteiger partial charge is 0.137 e.